The van der Waals surface area contributed by atoms with Crippen molar-refractivity contribution in [3.63, 3.8) is 0 Å². The molecule has 1 aliphatic heterocycles. The summed E-state index contributed by atoms with van der Waals surface area (Å²) >= 11 is 6.06. The van der Waals surface area contributed by atoms with Gasteiger partial charge in [0.2, 0.25) is 17.7 Å². The number of hydrogen-bond acceptors (Lipinski definition) is 9. The highest BCUT2D eigenvalue weighted by atomic mass is 35.5. The summed E-state index contributed by atoms with van der Waals surface area (Å²) in [6.07, 6.45) is 0.200. The van der Waals surface area contributed by atoms with E-state index in [1.54, 1.807) is 57.2 Å². The van der Waals surface area contributed by atoms with Gasteiger partial charge >= 0.3 is 5.97 Å². The Hall–Kier alpha value is -3.78. The zero-order chi connectivity index (χ0) is 35.6. The van der Waals surface area contributed by atoms with Gasteiger partial charge in [0.05, 0.1) is 16.5 Å². The molecule has 262 valence electrons. The molecule has 1 unspecified atom stereocenters. The molecule has 0 aliphatic carbocycles. The molecule has 12 nitrogen and oxygen atoms in total. The van der Waals surface area contributed by atoms with Crippen molar-refractivity contribution in [2.75, 3.05) is 18.6 Å². The molecule has 3 rings (SSSR count). The van der Waals surface area contributed by atoms with Crippen molar-refractivity contribution in [1.82, 2.24) is 16.0 Å². The number of aliphatic hydroxyl groups is 2. The summed E-state index contributed by atoms with van der Waals surface area (Å²) in [5, 5.41) is 39.9. The van der Waals surface area contributed by atoms with E-state index in [1.807, 2.05) is 0 Å². The molecular weight excluding hydrogens is 662 g/mol. The second-order valence-corrected chi connectivity index (χ2v) is 14.5. The van der Waals surface area contributed by atoms with Crippen LogP contribution in [0, 0.1) is 11.3 Å². The third-order valence-corrected chi connectivity index (χ3v) is 9.30. The predicted molar refractivity (Wildman–Crippen MR) is 181 cm³/mol. The van der Waals surface area contributed by atoms with Gasteiger partial charge in [0, 0.05) is 48.1 Å². The highest BCUT2D eigenvalue weighted by molar-refractivity contribution is 7.84. The van der Waals surface area contributed by atoms with E-state index in [-0.39, 0.29) is 42.3 Å². The van der Waals surface area contributed by atoms with E-state index in [0.29, 0.717) is 11.1 Å². The molecule has 3 amide bonds. The Bertz CT molecular complexity index is 1500. The first kappa shape index (κ1) is 38.7. The second-order valence-electron chi connectivity index (χ2n) is 12.6. The van der Waals surface area contributed by atoms with Gasteiger partial charge in [-0.15, -0.1) is 0 Å². The Morgan fingerprint density at radius 2 is 1.73 bits per heavy atom. The molecule has 1 heterocycles. The smallest absolute Gasteiger partial charge is 0.328 e. The molecule has 0 radical (unpaired) electrons. The van der Waals surface area contributed by atoms with E-state index in [1.165, 1.54) is 30.5 Å². The number of phenolic OH excluding ortho intramolecular Hbond substituents is 1. The van der Waals surface area contributed by atoms with Crippen molar-refractivity contribution in [3.8, 4) is 5.75 Å². The molecule has 14 heteroatoms. The Kier molecular flexibility index (Phi) is 14.2. The largest absolute Gasteiger partial charge is 0.506 e. The third-order valence-electron chi connectivity index (χ3n) is 8.18. The lowest BCUT2D eigenvalue weighted by Crippen LogP contribution is -2.54. The predicted octanol–water partition coefficient (Wildman–Crippen LogP) is 2.07. The van der Waals surface area contributed by atoms with Crippen LogP contribution in [0.3, 0.4) is 0 Å². The number of aromatic hydroxyl groups is 1. The number of amides is 3. The molecule has 2 aromatic rings. The van der Waals surface area contributed by atoms with E-state index >= 15 is 0 Å². The van der Waals surface area contributed by atoms with Crippen molar-refractivity contribution >= 4 is 46.1 Å². The SMILES string of the molecule is C[C@H]([C@@H](O)[C@H](O)c1ccccc1)[C@@H]1C/C=C/C(=O)N[C@H](Cc2ccc(O)c(Cl)c2)C(=O)NCC(C)(C)C(=O)N[C@@H](CCS(C)=O)C(=O)O1. The maximum atomic E-state index is 13.6. The number of ether oxygens (including phenoxy) is 1. The van der Waals surface area contributed by atoms with Gasteiger partial charge in [0.1, 0.15) is 30.0 Å². The summed E-state index contributed by atoms with van der Waals surface area (Å²) < 4.78 is 17.8. The van der Waals surface area contributed by atoms with E-state index in [2.05, 4.69) is 16.0 Å². The first-order chi connectivity index (χ1) is 22.6. The maximum absolute atomic E-state index is 13.6. The molecule has 0 saturated heterocycles. The van der Waals surface area contributed by atoms with Crippen LogP contribution in [-0.2, 0) is 41.1 Å². The number of phenols is 1. The van der Waals surface area contributed by atoms with Gasteiger partial charge in [0.15, 0.2) is 0 Å². The molecule has 48 heavy (non-hydrogen) atoms. The number of rotatable bonds is 9. The van der Waals surface area contributed by atoms with Crippen LogP contribution in [0.2, 0.25) is 5.02 Å². The number of esters is 1. The highest BCUT2D eigenvalue weighted by Crippen LogP contribution is 2.28. The van der Waals surface area contributed by atoms with Crippen LogP contribution >= 0.6 is 11.6 Å². The van der Waals surface area contributed by atoms with Crippen molar-refractivity contribution in [2.24, 2.45) is 11.3 Å². The maximum Gasteiger partial charge on any atom is 0.328 e. The molecule has 0 bridgehead atoms. The number of aliphatic hydroxyl groups excluding tert-OH is 2. The van der Waals surface area contributed by atoms with E-state index in [0.717, 1.165) is 0 Å². The fraction of sp³-hybridized carbons (Fsp3) is 0.471. The molecule has 0 aromatic heterocycles. The Morgan fingerprint density at radius 1 is 1.04 bits per heavy atom. The number of halogens is 1. The van der Waals surface area contributed by atoms with E-state index in [4.69, 9.17) is 16.3 Å². The lowest BCUT2D eigenvalue weighted by Gasteiger charge is -2.32. The molecule has 0 spiro atoms. The summed E-state index contributed by atoms with van der Waals surface area (Å²) in [7, 11) is -1.30. The minimum absolute atomic E-state index is 0.00904. The van der Waals surface area contributed by atoms with Crippen LogP contribution in [0.15, 0.2) is 60.7 Å². The van der Waals surface area contributed by atoms with Crippen LogP contribution in [0.5, 0.6) is 5.75 Å². The first-order valence-corrected chi connectivity index (χ1v) is 17.6. The van der Waals surface area contributed by atoms with Gasteiger partial charge < -0.3 is 36.0 Å². The quantitative estimate of drug-likeness (QED) is 0.212. The fourth-order valence-corrected chi connectivity index (χ4v) is 5.78. The number of hydrogen-bond donors (Lipinski definition) is 6. The zero-order valence-electron chi connectivity index (χ0n) is 27.4. The van der Waals surface area contributed by atoms with Crippen LogP contribution in [0.1, 0.15) is 50.8 Å². The van der Waals surface area contributed by atoms with Gasteiger partial charge in [-0.2, -0.15) is 0 Å². The standard InChI is InChI=1S/C34H44ClN3O9S/c1-20(29(41)30(42)22-9-6-5-7-10-22)27-11-8-12-28(40)37-25(18-21-13-14-26(39)23(35)17-21)31(43)36-19-34(2,3)33(45)38-24(32(44)47-27)15-16-48(4)46/h5-10,12-14,17,20,24-25,27,29-30,39,41-42H,11,15-16,18-19H2,1-4H3,(H,36,43)(H,37,40)(H,38,45)/b12-8+/t20-,24-,25+,27-,29+,30+,48?/m0/s1. The number of carbonyl (C=O) groups is 4. The molecule has 1 aliphatic rings. The molecule has 2 aromatic carbocycles. The summed E-state index contributed by atoms with van der Waals surface area (Å²) in [6, 6.07) is 10.6. The van der Waals surface area contributed by atoms with Gasteiger partial charge in [-0.1, -0.05) is 61.0 Å². The average molecular weight is 706 g/mol. The highest BCUT2D eigenvalue weighted by Gasteiger charge is 2.37. The zero-order valence-corrected chi connectivity index (χ0v) is 28.9. The van der Waals surface area contributed by atoms with E-state index < -0.39 is 76.2 Å². The minimum Gasteiger partial charge on any atom is -0.506 e. The van der Waals surface area contributed by atoms with Crippen molar-refractivity contribution in [3.05, 3.63) is 76.8 Å². The number of benzene rings is 2. The van der Waals surface area contributed by atoms with Crippen molar-refractivity contribution in [1.29, 1.82) is 0 Å². The molecule has 6 N–H and O–H groups in total. The summed E-state index contributed by atoms with van der Waals surface area (Å²) in [5.41, 5.74) is -0.241. The summed E-state index contributed by atoms with van der Waals surface area (Å²) in [5.74, 6) is -3.59. The Morgan fingerprint density at radius 3 is 2.38 bits per heavy atom. The minimum atomic E-state index is -1.39. The van der Waals surface area contributed by atoms with Crippen LogP contribution in [0.4, 0.5) is 0 Å². The van der Waals surface area contributed by atoms with Crippen molar-refractivity contribution in [2.45, 2.75) is 70.4 Å². The molecule has 0 saturated carbocycles. The average Bonchev–Trinajstić information content (AvgIpc) is 3.05. The first-order valence-electron chi connectivity index (χ1n) is 15.5. The Balaban J connectivity index is 1.96. The van der Waals surface area contributed by atoms with Crippen LogP contribution < -0.4 is 16.0 Å². The number of carbonyl (C=O) groups excluding carboxylic acids is 4. The van der Waals surface area contributed by atoms with Crippen LogP contribution in [-0.4, -0.2) is 86.1 Å². The van der Waals surface area contributed by atoms with E-state index in [9.17, 15) is 38.7 Å². The van der Waals surface area contributed by atoms with Crippen molar-refractivity contribution < 1.29 is 43.4 Å². The summed E-state index contributed by atoms with van der Waals surface area (Å²) in [6.45, 7) is 4.55. The third kappa shape index (κ3) is 11.1. The van der Waals surface area contributed by atoms with Crippen LogP contribution in [0.25, 0.3) is 0 Å². The topological polar surface area (TPSA) is 191 Å². The lowest BCUT2D eigenvalue weighted by molar-refractivity contribution is -0.160. The lowest BCUT2D eigenvalue weighted by atomic mass is 9.89. The summed E-state index contributed by atoms with van der Waals surface area (Å²) in [4.78, 5) is 53.4. The monoisotopic (exact) mass is 705 g/mol. The van der Waals surface area contributed by atoms with Gasteiger partial charge in [-0.3, -0.25) is 18.6 Å². The van der Waals surface area contributed by atoms with Gasteiger partial charge in [-0.25, -0.2) is 4.79 Å². The van der Waals surface area contributed by atoms with Gasteiger partial charge in [-0.05, 0) is 49.6 Å². The second kappa shape index (κ2) is 17.6. The Labute approximate surface area is 287 Å². The van der Waals surface area contributed by atoms with Gasteiger partial charge in [0.25, 0.3) is 0 Å². The molecular formula is C34H44ClN3O9S. The molecule has 7 atom stereocenters. The number of nitrogens with one attached hydrogen (secondary N) is 3. The fourth-order valence-electron chi connectivity index (χ4n) is 5.01. The molecule has 0 fully saturated rings. The number of cyclic esters (lactones) is 1. The normalized spacial score (nSPS) is 24.2.